The monoisotopic (exact) mass is 258 g/mol. The van der Waals surface area contributed by atoms with Crippen LogP contribution in [0, 0.1) is 5.92 Å². The average molecular weight is 258 g/mol. The Hall–Kier alpha value is -0.650. The second kappa shape index (κ2) is 8.45. The van der Waals surface area contributed by atoms with Gasteiger partial charge in [0.15, 0.2) is 0 Å². The van der Waals surface area contributed by atoms with Gasteiger partial charge in [0.2, 0.25) is 0 Å². The molecule has 1 rings (SSSR count). The summed E-state index contributed by atoms with van der Waals surface area (Å²) in [6.07, 6.45) is 2.30. The van der Waals surface area contributed by atoms with Crippen LogP contribution in [-0.4, -0.2) is 61.9 Å². The summed E-state index contributed by atoms with van der Waals surface area (Å²) < 4.78 is 4.74. The van der Waals surface area contributed by atoms with E-state index in [0.717, 1.165) is 39.0 Å². The van der Waals surface area contributed by atoms with E-state index in [0.29, 0.717) is 18.4 Å². The highest BCUT2D eigenvalue weighted by Crippen LogP contribution is 2.20. The molecule has 2 N–H and O–H groups in total. The number of nitrogens with one attached hydrogen (secondary N) is 1. The molecule has 0 spiro atoms. The predicted molar refractivity (Wildman–Crippen MR) is 70.3 cm³/mol. The maximum absolute atomic E-state index is 11.3. The van der Waals surface area contributed by atoms with Crippen molar-refractivity contribution in [1.29, 1.82) is 0 Å². The minimum absolute atomic E-state index is 0.118. The molecule has 0 aromatic carbocycles. The van der Waals surface area contributed by atoms with E-state index in [1.54, 1.807) is 0 Å². The SMILES string of the molecule is CCN1CC(CC(=O)OC)CC(NCCCO)C1. The number of aliphatic hydroxyl groups excluding tert-OH is 1. The smallest absolute Gasteiger partial charge is 0.305 e. The van der Waals surface area contributed by atoms with Gasteiger partial charge < -0.3 is 20.1 Å². The largest absolute Gasteiger partial charge is 0.469 e. The molecule has 2 atom stereocenters. The van der Waals surface area contributed by atoms with Gasteiger partial charge in [-0.3, -0.25) is 4.79 Å². The molecule has 5 heteroatoms. The first kappa shape index (κ1) is 15.4. The fourth-order valence-corrected chi connectivity index (χ4v) is 2.56. The first-order valence-corrected chi connectivity index (χ1v) is 6.83. The molecule has 2 unspecified atom stereocenters. The molecule has 0 amide bonds. The van der Waals surface area contributed by atoms with Gasteiger partial charge >= 0.3 is 5.97 Å². The second-order valence-electron chi connectivity index (χ2n) is 4.96. The van der Waals surface area contributed by atoms with E-state index < -0.39 is 0 Å². The number of aliphatic hydroxyl groups is 1. The first-order valence-electron chi connectivity index (χ1n) is 6.83. The van der Waals surface area contributed by atoms with E-state index in [4.69, 9.17) is 9.84 Å². The Kier molecular flexibility index (Phi) is 7.23. The number of rotatable bonds is 7. The van der Waals surface area contributed by atoms with Crippen LogP contribution in [0.2, 0.25) is 0 Å². The quantitative estimate of drug-likeness (QED) is 0.506. The number of esters is 1. The van der Waals surface area contributed by atoms with Crippen molar-refractivity contribution in [3.63, 3.8) is 0 Å². The Morgan fingerprint density at radius 1 is 1.50 bits per heavy atom. The number of hydrogen-bond acceptors (Lipinski definition) is 5. The molecule has 0 radical (unpaired) electrons. The zero-order valence-corrected chi connectivity index (χ0v) is 11.5. The normalized spacial score (nSPS) is 25.1. The predicted octanol–water partition coefficient (Wildman–Crippen LogP) is 0.232. The van der Waals surface area contributed by atoms with Crippen LogP contribution in [0.4, 0.5) is 0 Å². The van der Waals surface area contributed by atoms with Gasteiger partial charge in [0.25, 0.3) is 0 Å². The Balaban J connectivity index is 2.41. The summed E-state index contributed by atoms with van der Waals surface area (Å²) in [6, 6.07) is 0.417. The van der Waals surface area contributed by atoms with Crippen LogP contribution >= 0.6 is 0 Å². The van der Waals surface area contributed by atoms with Gasteiger partial charge in [0.1, 0.15) is 0 Å². The van der Waals surface area contributed by atoms with Gasteiger partial charge in [0.05, 0.1) is 7.11 Å². The average Bonchev–Trinajstić information content (AvgIpc) is 2.38. The standard InChI is InChI=1S/C13H26N2O3/c1-3-15-9-11(8-13(17)18-2)7-12(10-15)14-5-4-6-16/h11-12,14,16H,3-10H2,1-2H3. The number of nitrogens with zero attached hydrogens (tertiary/aromatic N) is 1. The molecule has 1 heterocycles. The summed E-state index contributed by atoms with van der Waals surface area (Å²) in [7, 11) is 1.44. The summed E-state index contributed by atoms with van der Waals surface area (Å²) in [6.45, 7) is 6.22. The van der Waals surface area contributed by atoms with Crippen molar-refractivity contribution in [2.75, 3.05) is 39.9 Å². The maximum Gasteiger partial charge on any atom is 0.305 e. The molecule has 0 saturated carbocycles. The Bertz CT molecular complexity index is 248. The number of ether oxygens (including phenoxy) is 1. The van der Waals surface area contributed by atoms with Gasteiger partial charge in [-0.05, 0) is 31.8 Å². The number of carbonyl (C=O) groups excluding carboxylic acids is 1. The van der Waals surface area contributed by atoms with E-state index in [9.17, 15) is 4.79 Å². The van der Waals surface area contributed by atoms with E-state index in [1.807, 2.05) is 0 Å². The van der Waals surface area contributed by atoms with Gasteiger partial charge in [-0.25, -0.2) is 0 Å². The number of carbonyl (C=O) groups is 1. The summed E-state index contributed by atoms with van der Waals surface area (Å²) in [5, 5.41) is 12.2. The van der Waals surface area contributed by atoms with Crippen LogP contribution < -0.4 is 5.32 Å². The second-order valence-corrected chi connectivity index (χ2v) is 4.96. The topological polar surface area (TPSA) is 61.8 Å². The lowest BCUT2D eigenvalue weighted by molar-refractivity contribution is -0.142. The fourth-order valence-electron chi connectivity index (χ4n) is 2.56. The summed E-state index contributed by atoms with van der Waals surface area (Å²) in [5.41, 5.74) is 0. The van der Waals surface area contributed by atoms with Crippen molar-refractivity contribution in [3.8, 4) is 0 Å². The van der Waals surface area contributed by atoms with Crippen LogP contribution in [-0.2, 0) is 9.53 Å². The molecule has 0 aromatic heterocycles. The van der Waals surface area contributed by atoms with Crippen molar-refractivity contribution < 1.29 is 14.6 Å². The molecule has 0 aromatic rings. The van der Waals surface area contributed by atoms with Crippen LogP contribution in [0.3, 0.4) is 0 Å². The van der Waals surface area contributed by atoms with Gasteiger partial charge in [-0.1, -0.05) is 6.92 Å². The Labute approximate surface area is 109 Å². The molecule has 18 heavy (non-hydrogen) atoms. The number of likely N-dealkylation sites (tertiary alicyclic amines) is 1. The van der Waals surface area contributed by atoms with Crippen LogP contribution in [0.15, 0.2) is 0 Å². The minimum Gasteiger partial charge on any atom is -0.469 e. The summed E-state index contributed by atoms with van der Waals surface area (Å²) in [4.78, 5) is 13.7. The minimum atomic E-state index is -0.118. The van der Waals surface area contributed by atoms with Gasteiger partial charge in [0, 0.05) is 32.2 Å². The first-order chi connectivity index (χ1) is 8.69. The molecule has 106 valence electrons. The van der Waals surface area contributed by atoms with Crippen LogP contribution in [0.25, 0.3) is 0 Å². The Morgan fingerprint density at radius 3 is 2.89 bits per heavy atom. The van der Waals surface area contributed by atoms with Gasteiger partial charge in [-0.2, -0.15) is 0 Å². The third-order valence-corrected chi connectivity index (χ3v) is 3.51. The third-order valence-electron chi connectivity index (χ3n) is 3.51. The molecule has 1 aliphatic rings. The van der Waals surface area contributed by atoms with E-state index in [1.165, 1.54) is 7.11 Å². The summed E-state index contributed by atoms with van der Waals surface area (Å²) in [5.74, 6) is 0.254. The maximum atomic E-state index is 11.3. The summed E-state index contributed by atoms with van der Waals surface area (Å²) >= 11 is 0. The van der Waals surface area contributed by atoms with E-state index in [-0.39, 0.29) is 12.6 Å². The number of hydrogen-bond donors (Lipinski definition) is 2. The zero-order chi connectivity index (χ0) is 13.4. The number of methoxy groups -OCH3 is 1. The highest BCUT2D eigenvalue weighted by atomic mass is 16.5. The molecule has 0 bridgehead atoms. The molecule has 5 nitrogen and oxygen atoms in total. The number of piperidine rings is 1. The fraction of sp³-hybridized carbons (Fsp3) is 0.923. The zero-order valence-electron chi connectivity index (χ0n) is 11.5. The lowest BCUT2D eigenvalue weighted by Gasteiger charge is -2.37. The van der Waals surface area contributed by atoms with Crippen molar-refractivity contribution in [2.24, 2.45) is 5.92 Å². The van der Waals surface area contributed by atoms with Crippen molar-refractivity contribution in [1.82, 2.24) is 10.2 Å². The van der Waals surface area contributed by atoms with Crippen molar-refractivity contribution >= 4 is 5.97 Å². The van der Waals surface area contributed by atoms with E-state index in [2.05, 4.69) is 17.1 Å². The molecule has 1 aliphatic heterocycles. The lowest BCUT2D eigenvalue weighted by atomic mass is 9.91. The molecular weight excluding hydrogens is 232 g/mol. The van der Waals surface area contributed by atoms with E-state index >= 15 is 0 Å². The highest BCUT2D eigenvalue weighted by Gasteiger charge is 2.27. The number of likely N-dealkylation sites (N-methyl/N-ethyl adjacent to an activating group) is 1. The molecule has 1 saturated heterocycles. The van der Waals surface area contributed by atoms with Crippen molar-refractivity contribution in [2.45, 2.75) is 32.2 Å². The lowest BCUT2D eigenvalue weighted by Crippen LogP contribution is -2.49. The van der Waals surface area contributed by atoms with Crippen LogP contribution in [0.1, 0.15) is 26.2 Å². The third kappa shape index (κ3) is 5.33. The molecular formula is C13H26N2O3. The van der Waals surface area contributed by atoms with Gasteiger partial charge in [-0.15, -0.1) is 0 Å². The highest BCUT2D eigenvalue weighted by molar-refractivity contribution is 5.69. The van der Waals surface area contributed by atoms with Crippen LogP contribution in [0.5, 0.6) is 0 Å². The van der Waals surface area contributed by atoms with Crippen molar-refractivity contribution in [3.05, 3.63) is 0 Å². The Morgan fingerprint density at radius 2 is 2.28 bits per heavy atom. The molecule has 0 aliphatic carbocycles. The molecule has 1 fully saturated rings.